The van der Waals surface area contributed by atoms with Crippen LogP contribution < -0.4 is 9.64 Å². The number of halogens is 3. The summed E-state index contributed by atoms with van der Waals surface area (Å²) in [6, 6.07) is 19.6. The number of fused-ring (bicyclic) bond motifs is 2. The van der Waals surface area contributed by atoms with Crippen LogP contribution in [0.25, 0.3) is 0 Å². The molecule has 37 heavy (non-hydrogen) atoms. The summed E-state index contributed by atoms with van der Waals surface area (Å²) in [5.74, 6) is 0.899. The van der Waals surface area contributed by atoms with Crippen molar-refractivity contribution < 1.29 is 23.0 Å². The second-order valence-electron chi connectivity index (χ2n) is 9.65. The van der Waals surface area contributed by atoms with Gasteiger partial charge in [-0.15, -0.1) is 0 Å². The highest BCUT2D eigenvalue weighted by Gasteiger charge is 2.31. The zero-order chi connectivity index (χ0) is 26.0. The van der Waals surface area contributed by atoms with Crippen LogP contribution in [-0.2, 0) is 6.18 Å². The van der Waals surface area contributed by atoms with Crippen LogP contribution in [0.3, 0.4) is 0 Å². The monoisotopic (exact) mass is 528 g/mol. The summed E-state index contributed by atoms with van der Waals surface area (Å²) in [5, 5.41) is 10.8. The van der Waals surface area contributed by atoms with Gasteiger partial charge in [-0.25, -0.2) is 0 Å². The summed E-state index contributed by atoms with van der Waals surface area (Å²) in [5.41, 5.74) is 2.25. The molecule has 0 bridgehead atoms. The lowest BCUT2D eigenvalue weighted by molar-refractivity contribution is -0.137. The highest BCUT2D eigenvalue weighted by atomic mass is 32.2. The average molecular weight is 529 g/mol. The maximum Gasteiger partial charge on any atom is 0.416 e. The van der Waals surface area contributed by atoms with Crippen molar-refractivity contribution in [2.24, 2.45) is 5.92 Å². The van der Waals surface area contributed by atoms with E-state index in [1.165, 1.54) is 33.3 Å². The van der Waals surface area contributed by atoms with Crippen molar-refractivity contribution in [1.82, 2.24) is 4.90 Å². The predicted molar refractivity (Wildman–Crippen MR) is 141 cm³/mol. The Hall–Kier alpha value is -2.68. The molecule has 3 aromatic rings. The molecule has 196 valence electrons. The van der Waals surface area contributed by atoms with Gasteiger partial charge < -0.3 is 19.6 Å². The number of nitrogens with zero attached hydrogens (tertiary/aromatic N) is 2. The first-order valence-corrected chi connectivity index (χ1v) is 13.4. The van der Waals surface area contributed by atoms with Gasteiger partial charge in [0, 0.05) is 22.4 Å². The predicted octanol–water partition coefficient (Wildman–Crippen LogP) is 7.15. The first kappa shape index (κ1) is 25.9. The Morgan fingerprint density at radius 3 is 2.35 bits per heavy atom. The first-order chi connectivity index (χ1) is 17.8. The highest BCUT2D eigenvalue weighted by Crippen LogP contribution is 2.49. The summed E-state index contributed by atoms with van der Waals surface area (Å²) in [7, 11) is 1.69. The van der Waals surface area contributed by atoms with Gasteiger partial charge in [-0.3, -0.25) is 0 Å². The molecule has 0 spiro atoms. The van der Waals surface area contributed by atoms with Crippen LogP contribution in [-0.4, -0.2) is 43.3 Å². The van der Waals surface area contributed by atoms with Crippen molar-refractivity contribution in [2.45, 2.75) is 41.3 Å². The van der Waals surface area contributed by atoms with E-state index in [1.807, 2.05) is 6.07 Å². The highest BCUT2D eigenvalue weighted by molar-refractivity contribution is 7.99. The van der Waals surface area contributed by atoms with E-state index < -0.39 is 17.8 Å². The van der Waals surface area contributed by atoms with Gasteiger partial charge in [-0.1, -0.05) is 36.0 Å². The Labute approximate surface area is 220 Å². The minimum atomic E-state index is -4.36. The molecule has 1 atom stereocenters. The number of rotatable bonds is 7. The third-order valence-electron chi connectivity index (χ3n) is 7.35. The lowest BCUT2D eigenvalue weighted by Gasteiger charge is -2.36. The van der Waals surface area contributed by atoms with Gasteiger partial charge in [-0.2, -0.15) is 13.2 Å². The average Bonchev–Trinajstić information content (AvgIpc) is 2.92. The van der Waals surface area contributed by atoms with Crippen LogP contribution in [0, 0.1) is 5.92 Å². The molecular weight excluding hydrogens is 497 g/mol. The Morgan fingerprint density at radius 2 is 1.65 bits per heavy atom. The SMILES string of the molecule is COc1ccc2c(c1)N(CCCN1CCC(C(O)c3ccc(C(F)(F)F)cc3)CC1)c1ccccc1S2. The van der Waals surface area contributed by atoms with Crippen LogP contribution >= 0.6 is 11.8 Å². The van der Waals surface area contributed by atoms with E-state index >= 15 is 0 Å². The molecule has 3 aromatic carbocycles. The zero-order valence-corrected chi connectivity index (χ0v) is 21.6. The molecule has 2 aliphatic rings. The van der Waals surface area contributed by atoms with Crippen LogP contribution in [0.5, 0.6) is 5.75 Å². The van der Waals surface area contributed by atoms with E-state index in [0.29, 0.717) is 5.56 Å². The number of para-hydroxylation sites is 1. The fraction of sp³-hybridized carbons (Fsp3) is 0.379. The molecule has 4 nitrogen and oxygen atoms in total. The Kier molecular flexibility index (Phi) is 7.70. The van der Waals surface area contributed by atoms with E-state index in [1.54, 1.807) is 18.9 Å². The number of anilines is 2. The topological polar surface area (TPSA) is 35.9 Å². The van der Waals surface area contributed by atoms with Gasteiger partial charge >= 0.3 is 6.18 Å². The van der Waals surface area contributed by atoms with Crippen LogP contribution in [0.4, 0.5) is 24.5 Å². The maximum absolute atomic E-state index is 12.8. The number of methoxy groups -OCH3 is 1. The van der Waals surface area contributed by atoms with Crippen LogP contribution in [0.2, 0.25) is 0 Å². The smallest absolute Gasteiger partial charge is 0.416 e. The van der Waals surface area contributed by atoms with Gasteiger partial charge in [-0.05, 0) is 86.8 Å². The number of hydrogen-bond donors (Lipinski definition) is 1. The third kappa shape index (κ3) is 5.76. The summed E-state index contributed by atoms with van der Waals surface area (Å²) in [4.78, 5) is 7.27. The lowest BCUT2D eigenvalue weighted by Crippen LogP contribution is -2.37. The Balaban J connectivity index is 1.16. The summed E-state index contributed by atoms with van der Waals surface area (Å²) >= 11 is 1.78. The molecule has 8 heteroatoms. The second-order valence-corrected chi connectivity index (χ2v) is 10.7. The van der Waals surface area contributed by atoms with Gasteiger partial charge in [0.05, 0.1) is 30.2 Å². The number of likely N-dealkylation sites (tertiary alicyclic amines) is 1. The summed E-state index contributed by atoms with van der Waals surface area (Å²) in [6.45, 7) is 3.58. The van der Waals surface area contributed by atoms with Crippen LogP contribution in [0.1, 0.15) is 36.5 Å². The van der Waals surface area contributed by atoms with Gasteiger partial charge in [0.2, 0.25) is 0 Å². The lowest BCUT2D eigenvalue weighted by atomic mass is 9.87. The quantitative estimate of drug-likeness (QED) is 0.352. The van der Waals surface area contributed by atoms with Gasteiger partial charge in [0.15, 0.2) is 0 Å². The van der Waals surface area contributed by atoms with Crippen molar-refractivity contribution in [3.8, 4) is 5.75 Å². The molecule has 0 saturated carbocycles. The number of alkyl halides is 3. The molecule has 2 heterocycles. The van der Waals surface area contributed by atoms with Crippen molar-refractivity contribution in [1.29, 1.82) is 0 Å². The minimum absolute atomic E-state index is 0.0540. The van der Waals surface area contributed by atoms with Crippen LogP contribution in [0.15, 0.2) is 76.5 Å². The van der Waals surface area contributed by atoms with Gasteiger partial charge in [0.1, 0.15) is 5.75 Å². The second kappa shape index (κ2) is 11.0. The molecule has 1 unspecified atom stereocenters. The van der Waals surface area contributed by atoms with Crippen molar-refractivity contribution in [3.63, 3.8) is 0 Å². The maximum atomic E-state index is 12.8. The summed E-state index contributed by atoms with van der Waals surface area (Å²) < 4.78 is 44.0. The number of aliphatic hydroxyl groups is 1. The molecule has 0 aliphatic carbocycles. The number of hydrogen-bond acceptors (Lipinski definition) is 5. The van der Waals surface area contributed by atoms with E-state index in [4.69, 9.17) is 4.74 Å². The molecule has 0 radical (unpaired) electrons. The molecule has 2 aliphatic heterocycles. The third-order valence-corrected chi connectivity index (χ3v) is 8.48. The van der Waals surface area contributed by atoms with E-state index in [9.17, 15) is 18.3 Å². The van der Waals surface area contributed by atoms with E-state index in [0.717, 1.165) is 63.3 Å². The number of piperidine rings is 1. The fourth-order valence-corrected chi connectivity index (χ4v) is 6.34. The number of ether oxygens (including phenoxy) is 1. The van der Waals surface area contributed by atoms with E-state index in [-0.39, 0.29) is 5.92 Å². The molecule has 0 aromatic heterocycles. The number of benzene rings is 3. The molecule has 5 rings (SSSR count). The molecule has 1 N–H and O–H groups in total. The molecule has 0 amide bonds. The standard InChI is InChI=1S/C29H31F3N2O2S/c1-36-23-11-12-27-25(19-23)34(24-5-2-3-6-26(24)37-27)16-4-15-33-17-13-21(14-18-33)28(35)20-7-9-22(10-8-20)29(30,31)32/h2-3,5-12,19,21,28,35H,4,13-18H2,1H3. The first-order valence-electron chi connectivity index (χ1n) is 12.6. The van der Waals surface area contributed by atoms with Crippen molar-refractivity contribution >= 4 is 23.1 Å². The number of aliphatic hydroxyl groups excluding tert-OH is 1. The van der Waals surface area contributed by atoms with E-state index in [2.05, 4.69) is 46.2 Å². The zero-order valence-electron chi connectivity index (χ0n) is 20.7. The summed E-state index contributed by atoms with van der Waals surface area (Å²) in [6.07, 6.45) is -2.46. The fourth-order valence-electron chi connectivity index (χ4n) is 5.26. The van der Waals surface area contributed by atoms with Gasteiger partial charge in [0.25, 0.3) is 0 Å². The normalized spacial score (nSPS) is 17.3. The minimum Gasteiger partial charge on any atom is -0.497 e. The molecule has 1 saturated heterocycles. The van der Waals surface area contributed by atoms with Crippen molar-refractivity contribution in [2.75, 3.05) is 38.2 Å². The Morgan fingerprint density at radius 1 is 0.946 bits per heavy atom. The largest absolute Gasteiger partial charge is 0.497 e. The Bertz CT molecular complexity index is 1210. The van der Waals surface area contributed by atoms with Crippen molar-refractivity contribution in [3.05, 3.63) is 77.9 Å². The molecule has 1 fully saturated rings. The molecular formula is C29H31F3N2O2S.